The Morgan fingerprint density at radius 2 is 2.35 bits per heavy atom. The molecule has 0 spiro atoms. The van der Waals surface area contributed by atoms with Crippen LogP contribution in [0.1, 0.15) is 15.4 Å². The van der Waals surface area contributed by atoms with Gasteiger partial charge in [-0.25, -0.2) is 0 Å². The molecule has 0 aliphatic rings. The highest BCUT2D eigenvalue weighted by molar-refractivity contribution is 7.09. The second-order valence-corrected chi connectivity index (χ2v) is 4.47. The number of thiophene rings is 1. The van der Waals surface area contributed by atoms with E-state index < -0.39 is 0 Å². The lowest BCUT2D eigenvalue weighted by atomic mass is 10.3. The van der Waals surface area contributed by atoms with Crippen molar-refractivity contribution in [2.45, 2.75) is 6.54 Å². The summed E-state index contributed by atoms with van der Waals surface area (Å²) in [5, 5.41) is 7.85. The first kappa shape index (κ1) is 11.6. The molecule has 17 heavy (non-hydrogen) atoms. The highest BCUT2D eigenvalue weighted by atomic mass is 32.1. The molecule has 0 saturated heterocycles. The van der Waals surface area contributed by atoms with Crippen molar-refractivity contribution in [3.63, 3.8) is 0 Å². The standard InChI is InChI=1S/C12H13N3OS/c1-13-12(16)11-7-9(4-5-14-11)15-8-10-3-2-6-17-10/h2-7H,8H2,1H3,(H,13,16)(H,14,15). The van der Waals surface area contributed by atoms with Crippen LogP contribution in [0.15, 0.2) is 35.8 Å². The van der Waals surface area contributed by atoms with Crippen LogP contribution in [-0.2, 0) is 6.54 Å². The molecule has 0 aromatic carbocycles. The molecule has 0 aliphatic carbocycles. The summed E-state index contributed by atoms with van der Waals surface area (Å²) in [5.74, 6) is -0.176. The van der Waals surface area contributed by atoms with E-state index in [1.807, 2.05) is 17.5 Å². The van der Waals surface area contributed by atoms with Gasteiger partial charge in [-0.05, 0) is 23.6 Å². The number of nitrogens with one attached hydrogen (secondary N) is 2. The number of anilines is 1. The van der Waals surface area contributed by atoms with Crippen molar-refractivity contribution in [1.82, 2.24) is 10.3 Å². The fourth-order valence-electron chi connectivity index (χ4n) is 1.40. The molecule has 2 N–H and O–H groups in total. The normalized spacial score (nSPS) is 9.94. The second kappa shape index (κ2) is 5.45. The molecule has 0 fully saturated rings. The first-order chi connectivity index (χ1) is 8.29. The van der Waals surface area contributed by atoms with Crippen molar-refractivity contribution in [3.05, 3.63) is 46.4 Å². The van der Waals surface area contributed by atoms with Gasteiger partial charge in [0.2, 0.25) is 0 Å². The third-order valence-corrected chi connectivity index (χ3v) is 3.14. The Balaban J connectivity index is 2.03. The number of amides is 1. The predicted molar refractivity (Wildman–Crippen MR) is 69.3 cm³/mol. The summed E-state index contributed by atoms with van der Waals surface area (Å²) in [7, 11) is 1.59. The predicted octanol–water partition coefficient (Wildman–Crippen LogP) is 2.11. The Morgan fingerprint density at radius 3 is 3.06 bits per heavy atom. The van der Waals surface area contributed by atoms with Gasteiger partial charge in [0.1, 0.15) is 5.69 Å². The lowest BCUT2D eigenvalue weighted by molar-refractivity contribution is 0.0958. The van der Waals surface area contributed by atoms with E-state index in [1.165, 1.54) is 4.88 Å². The van der Waals surface area contributed by atoms with Crippen LogP contribution in [0.2, 0.25) is 0 Å². The molecule has 88 valence electrons. The maximum absolute atomic E-state index is 11.4. The highest BCUT2D eigenvalue weighted by Crippen LogP contribution is 2.13. The summed E-state index contributed by atoms with van der Waals surface area (Å²) >= 11 is 1.70. The van der Waals surface area contributed by atoms with Crippen LogP contribution in [-0.4, -0.2) is 17.9 Å². The van der Waals surface area contributed by atoms with Crippen molar-refractivity contribution in [3.8, 4) is 0 Å². The lowest BCUT2D eigenvalue weighted by Gasteiger charge is -2.06. The van der Waals surface area contributed by atoms with Crippen molar-refractivity contribution in [1.29, 1.82) is 0 Å². The summed E-state index contributed by atoms with van der Waals surface area (Å²) in [6.45, 7) is 0.759. The van der Waals surface area contributed by atoms with Crippen molar-refractivity contribution in [2.24, 2.45) is 0 Å². The first-order valence-corrected chi connectivity index (χ1v) is 6.12. The third-order valence-electron chi connectivity index (χ3n) is 2.27. The Hall–Kier alpha value is -1.88. The molecular formula is C12H13N3OS. The summed E-state index contributed by atoms with van der Waals surface area (Å²) in [6.07, 6.45) is 1.63. The van der Waals surface area contributed by atoms with Gasteiger partial charge in [-0.2, -0.15) is 0 Å². The van der Waals surface area contributed by atoms with Gasteiger partial charge in [-0.3, -0.25) is 9.78 Å². The molecule has 1 amide bonds. The number of pyridine rings is 1. The van der Waals surface area contributed by atoms with Crippen LogP contribution in [0.3, 0.4) is 0 Å². The van der Waals surface area contributed by atoms with E-state index in [0.717, 1.165) is 12.2 Å². The number of nitrogens with zero attached hydrogens (tertiary/aromatic N) is 1. The zero-order chi connectivity index (χ0) is 12.1. The van der Waals surface area contributed by atoms with Crippen LogP contribution in [0.5, 0.6) is 0 Å². The molecular weight excluding hydrogens is 234 g/mol. The molecule has 2 aromatic heterocycles. The van der Waals surface area contributed by atoms with Gasteiger partial charge < -0.3 is 10.6 Å². The van der Waals surface area contributed by atoms with E-state index in [-0.39, 0.29) is 5.91 Å². The number of hydrogen-bond acceptors (Lipinski definition) is 4. The van der Waals surface area contributed by atoms with E-state index in [2.05, 4.69) is 21.7 Å². The van der Waals surface area contributed by atoms with Gasteiger partial charge in [-0.1, -0.05) is 6.07 Å². The summed E-state index contributed by atoms with van der Waals surface area (Å²) in [4.78, 5) is 16.7. The molecule has 2 rings (SSSR count). The summed E-state index contributed by atoms with van der Waals surface area (Å²) < 4.78 is 0. The molecule has 2 heterocycles. The highest BCUT2D eigenvalue weighted by Gasteiger charge is 2.05. The van der Waals surface area contributed by atoms with Crippen molar-refractivity contribution in [2.75, 3.05) is 12.4 Å². The van der Waals surface area contributed by atoms with E-state index in [0.29, 0.717) is 5.69 Å². The third kappa shape index (κ3) is 3.04. The Kier molecular flexibility index (Phi) is 3.72. The minimum Gasteiger partial charge on any atom is -0.380 e. The molecule has 0 atom stereocenters. The number of rotatable bonds is 4. The fraction of sp³-hybridized carbons (Fsp3) is 0.167. The van der Waals surface area contributed by atoms with Crippen LogP contribution < -0.4 is 10.6 Å². The Morgan fingerprint density at radius 1 is 1.47 bits per heavy atom. The van der Waals surface area contributed by atoms with E-state index in [1.54, 1.807) is 30.6 Å². The number of aromatic nitrogens is 1. The molecule has 0 saturated carbocycles. The molecule has 0 bridgehead atoms. The van der Waals surface area contributed by atoms with Crippen LogP contribution >= 0.6 is 11.3 Å². The van der Waals surface area contributed by atoms with Crippen LogP contribution in [0.25, 0.3) is 0 Å². The van der Waals surface area contributed by atoms with E-state index in [9.17, 15) is 4.79 Å². The fourth-order valence-corrected chi connectivity index (χ4v) is 2.04. The summed E-state index contributed by atoms with van der Waals surface area (Å²) in [5.41, 5.74) is 1.32. The zero-order valence-corrected chi connectivity index (χ0v) is 10.3. The Bertz CT molecular complexity index is 496. The minimum atomic E-state index is -0.176. The van der Waals surface area contributed by atoms with Gasteiger partial charge >= 0.3 is 0 Å². The SMILES string of the molecule is CNC(=O)c1cc(NCc2cccs2)ccn1. The van der Waals surface area contributed by atoms with Crippen molar-refractivity contribution >= 4 is 22.9 Å². The molecule has 2 aromatic rings. The molecule has 0 aliphatic heterocycles. The maximum atomic E-state index is 11.4. The Labute approximate surface area is 104 Å². The smallest absolute Gasteiger partial charge is 0.269 e. The average molecular weight is 247 g/mol. The van der Waals surface area contributed by atoms with Gasteiger partial charge in [0.25, 0.3) is 5.91 Å². The first-order valence-electron chi connectivity index (χ1n) is 5.24. The van der Waals surface area contributed by atoms with Gasteiger partial charge in [0.15, 0.2) is 0 Å². The van der Waals surface area contributed by atoms with Crippen LogP contribution in [0, 0.1) is 0 Å². The number of hydrogen-bond donors (Lipinski definition) is 2. The molecule has 0 unspecified atom stereocenters. The zero-order valence-electron chi connectivity index (χ0n) is 9.43. The molecule has 5 heteroatoms. The van der Waals surface area contributed by atoms with Gasteiger partial charge in [0.05, 0.1) is 0 Å². The van der Waals surface area contributed by atoms with Crippen LogP contribution in [0.4, 0.5) is 5.69 Å². The van der Waals surface area contributed by atoms with Gasteiger partial charge in [0, 0.05) is 30.4 Å². The van der Waals surface area contributed by atoms with Gasteiger partial charge in [-0.15, -0.1) is 11.3 Å². The quantitative estimate of drug-likeness (QED) is 0.870. The average Bonchev–Trinajstić information content (AvgIpc) is 2.89. The molecule has 4 nitrogen and oxygen atoms in total. The topological polar surface area (TPSA) is 54.0 Å². The minimum absolute atomic E-state index is 0.176. The number of carbonyl (C=O) groups is 1. The lowest BCUT2D eigenvalue weighted by Crippen LogP contribution is -2.19. The van der Waals surface area contributed by atoms with Crippen molar-refractivity contribution < 1.29 is 4.79 Å². The maximum Gasteiger partial charge on any atom is 0.269 e. The number of carbonyl (C=O) groups excluding carboxylic acids is 1. The van der Waals surface area contributed by atoms with E-state index >= 15 is 0 Å². The monoisotopic (exact) mass is 247 g/mol. The van der Waals surface area contributed by atoms with E-state index in [4.69, 9.17) is 0 Å². The second-order valence-electron chi connectivity index (χ2n) is 3.44. The summed E-state index contributed by atoms with van der Waals surface area (Å²) in [6, 6.07) is 7.68. The largest absolute Gasteiger partial charge is 0.380 e. The molecule has 0 radical (unpaired) electrons.